The minimum atomic E-state index is -0.909. The van der Waals surface area contributed by atoms with Crippen LogP contribution in [0, 0.1) is 0 Å². The molecule has 0 atom stereocenters. The van der Waals surface area contributed by atoms with Gasteiger partial charge in [-0.05, 0) is 19.1 Å². The topological polar surface area (TPSA) is 62.2 Å². The molecule has 1 aromatic heterocycles. The number of carbonyl (C=O) groups is 1. The van der Waals surface area contributed by atoms with Crippen LogP contribution in [-0.2, 0) is 0 Å². The molecule has 1 fully saturated rings. The molecule has 88 valence electrons. The number of thiazole rings is 1. The van der Waals surface area contributed by atoms with E-state index in [9.17, 15) is 4.79 Å². The van der Waals surface area contributed by atoms with Crippen LogP contribution in [0.15, 0.2) is 6.20 Å². The molecule has 2 rings (SSSR count). The summed E-state index contributed by atoms with van der Waals surface area (Å²) in [5.41, 5.74) is 0. The molecule has 1 heterocycles. The highest BCUT2D eigenvalue weighted by Gasteiger charge is 2.35. The number of aromatic nitrogens is 1. The van der Waals surface area contributed by atoms with E-state index < -0.39 is 5.97 Å². The van der Waals surface area contributed by atoms with Crippen molar-refractivity contribution >= 4 is 34.2 Å². The number of hydrogen-bond donors (Lipinski definition) is 2. The number of aromatic carboxylic acids is 1. The van der Waals surface area contributed by atoms with Crippen molar-refractivity contribution in [3.8, 4) is 0 Å². The van der Waals surface area contributed by atoms with Crippen molar-refractivity contribution in [1.82, 2.24) is 4.98 Å². The number of rotatable bonds is 5. The van der Waals surface area contributed by atoms with Crippen molar-refractivity contribution in [2.24, 2.45) is 0 Å². The lowest BCUT2D eigenvalue weighted by molar-refractivity contribution is 0.0702. The molecule has 16 heavy (non-hydrogen) atoms. The Labute approximate surface area is 102 Å². The quantitative estimate of drug-likeness (QED) is 0.850. The standard InChI is InChI=1S/C10H14N2O2S2/c1-15-10(3-2-4-10)6-12-9-11-5-7(16-9)8(13)14/h5H,2-4,6H2,1H3,(H,11,12)(H,13,14). The summed E-state index contributed by atoms with van der Waals surface area (Å²) >= 11 is 3.09. The van der Waals surface area contributed by atoms with Crippen LogP contribution < -0.4 is 5.32 Å². The van der Waals surface area contributed by atoms with Crippen molar-refractivity contribution in [3.63, 3.8) is 0 Å². The summed E-state index contributed by atoms with van der Waals surface area (Å²) in [6.07, 6.45) is 7.30. The molecule has 1 aliphatic rings. The molecule has 0 radical (unpaired) electrons. The second-order valence-electron chi connectivity index (χ2n) is 3.93. The largest absolute Gasteiger partial charge is 0.477 e. The van der Waals surface area contributed by atoms with Crippen LogP contribution in [0.25, 0.3) is 0 Å². The molecule has 0 aliphatic heterocycles. The maximum atomic E-state index is 10.7. The van der Waals surface area contributed by atoms with Gasteiger partial charge in [0.05, 0.1) is 6.20 Å². The molecular weight excluding hydrogens is 244 g/mol. The van der Waals surface area contributed by atoms with E-state index in [0.29, 0.717) is 9.88 Å². The van der Waals surface area contributed by atoms with Gasteiger partial charge in [0.2, 0.25) is 0 Å². The van der Waals surface area contributed by atoms with Crippen LogP contribution in [0.3, 0.4) is 0 Å². The maximum Gasteiger partial charge on any atom is 0.347 e. The van der Waals surface area contributed by atoms with Crippen molar-refractivity contribution < 1.29 is 9.90 Å². The number of hydrogen-bond acceptors (Lipinski definition) is 5. The number of carboxylic acids is 1. The lowest BCUT2D eigenvalue weighted by Crippen LogP contribution is -2.40. The SMILES string of the molecule is CSC1(CNc2ncc(C(=O)O)s2)CCC1. The Morgan fingerprint density at radius 2 is 2.50 bits per heavy atom. The lowest BCUT2D eigenvalue weighted by Gasteiger charge is -2.40. The van der Waals surface area contributed by atoms with Gasteiger partial charge in [-0.2, -0.15) is 11.8 Å². The van der Waals surface area contributed by atoms with Gasteiger partial charge >= 0.3 is 5.97 Å². The first kappa shape index (κ1) is 11.7. The zero-order valence-corrected chi connectivity index (χ0v) is 10.7. The Morgan fingerprint density at radius 1 is 1.75 bits per heavy atom. The van der Waals surface area contributed by atoms with E-state index in [1.54, 1.807) is 0 Å². The number of anilines is 1. The molecule has 0 unspecified atom stereocenters. The predicted octanol–water partition coefficient (Wildman–Crippen LogP) is 2.54. The summed E-state index contributed by atoms with van der Waals surface area (Å²) in [6.45, 7) is 0.876. The fourth-order valence-corrected chi connectivity index (χ4v) is 3.28. The smallest absolute Gasteiger partial charge is 0.347 e. The van der Waals surface area contributed by atoms with E-state index in [4.69, 9.17) is 5.11 Å². The van der Waals surface area contributed by atoms with Crippen LogP contribution in [0.1, 0.15) is 28.9 Å². The number of nitrogens with zero attached hydrogens (tertiary/aromatic N) is 1. The first-order valence-corrected chi connectivity index (χ1v) is 7.17. The molecule has 2 N–H and O–H groups in total. The van der Waals surface area contributed by atoms with Crippen molar-refractivity contribution in [1.29, 1.82) is 0 Å². The minimum Gasteiger partial charge on any atom is -0.477 e. The number of carboxylic acid groups (broad SMARTS) is 1. The van der Waals surface area contributed by atoms with Gasteiger partial charge in [0, 0.05) is 11.3 Å². The monoisotopic (exact) mass is 258 g/mol. The minimum absolute atomic E-state index is 0.286. The third kappa shape index (κ3) is 2.32. The molecule has 6 heteroatoms. The highest BCUT2D eigenvalue weighted by atomic mass is 32.2. The van der Waals surface area contributed by atoms with Gasteiger partial charge in [-0.1, -0.05) is 17.8 Å². The zero-order chi connectivity index (χ0) is 11.6. The molecule has 1 saturated carbocycles. The highest BCUT2D eigenvalue weighted by molar-refractivity contribution is 8.00. The fourth-order valence-electron chi connectivity index (χ4n) is 1.72. The van der Waals surface area contributed by atoms with Gasteiger partial charge < -0.3 is 10.4 Å². The van der Waals surface area contributed by atoms with Crippen LogP contribution in [0.5, 0.6) is 0 Å². The zero-order valence-electron chi connectivity index (χ0n) is 9.02. The molecule has 0 saturated heterocycles. The Morgan fingerprint density at radius 3 is 2.94 bits per heavy atom. The van der Waals surface area contributed by atoms with Crippen LogP contribution >= 0.6 is 23.1 Å². The van der Waals surface area contributed by atoms with Gasteiger partial charge in [0.15, 0.2) is 5.13 Å². The Hall–Kier alpha value is -0.750. The fraction of sp³-hybridized carbons (Fsp3) is 0.600. The van der Waals surface area contributed by atoms with E-state index in [0.717, 1.165) is 6.54 Å². The normalized spacial score (nSPS) is 17.8. The summed E-state index contributed by atoms with van der Waals surface area (Å²) in [4.78, 5) is 15.0. The second-order valence-corrected chi connectivity index (χ2v) is 6.23. The van der Waals surface area contributed by atoms with Crippen molar-refractivity contribution in [2.75, 3.05) is 18.1 Å². The Balaban J connectivity index is 1.91. The van der Waals surface area contributed by atoms with E-state index in [2.05, 4.69) is 16.6 Å². The molecule has 0 bridgehead atoms. The molecule has 0 aromatic carbocycles. The highest BCUT2D eigenvalue weighted by Crippen LogP contribution is 2.42. The first-order valence-electron chi connectivity index (χ1n) is 5.13. The predicted molar refractivity (Wildman–Crippen MR) is 67.7 cm³/mol. The van der Waals surface area contributed by atoms with Crippen LogP contribution in [-0.4, -0.2) is 33.6 Å². The van der Waals surface area contributed by atoms with Crippen LogP contribution in [0.4, 0.5) is 5.13 Å². The summed E-state index contributed by atoms with van der Waals surface area (Å²) in [7, 11) is 0. The molecular formula is C10H14N2O2S2. The molecule has 4 nitrogen and oxygen atoms in total. The van der Waals surface area contributed by atoms with Gasteiger partial charge in [-0.3, -0.25) is 0 Å². The van der Waals surface area contributed by atoms with E-state index in [1.807, 2.05) is 11.8 Å². The Kier molecular flexibility index (Phi) is 3.39. The number of nitrogens with one attached hydrogen (secondary N) is 1. The molecule has 1 aromatic rings. The summed E-state index contributed by atoms with van der Waals surface area (Å²) in [5.74, 6) is -0.909. The average molecular weight is 258 g/mol. The third-order valence-corrected chi connectivity index (χ3v) is 5.34. The average Bonchev–Trinajstić information content (AvgIpc) is 2.65. The first-order chi connectivity index (χ1) is 7.65. The van der Waals surface area contributed by atoms with Gasteiger partial charge in [-0.25, -0.2) is 9.78 Å². The summed E-state index contributed by atoms with van der Waals surface area (Å²) in [6, 6.07) is 0. The summed E-state index contributed by atoms with van der Waals surface area (Å²) < 4.78 is 0.342. The molecule has 0 amide bonds. The van der Waals surface area contributed by atoms with Gasteiger partial charge in [0.1, 0.15) is 4.88 Å². The maximum absolute atomic E-state index is 10.7. The van der Waals surface area contributed by atoms with E-state index in [-0.39, 0.29) is 4.88 Å². The molecule has 1 aliphatic carbocycles. The van der Waals surface area contributed by atoms with Crippen molar-refractivity contribution in [3.05, 3.63) is 11.1 Å². The third-order valence-electron chi connectivity index (χ3n) is 2.98. The van der Waals surface area contributed by atoms with E-state index in [1.165, 1.54) is 36.8 Å². The van der Waals surface area contributed by atoms with Crippen molar-refractivity contribution in [2.45, 2.75) is 24.0 Å². The second kappa shape index (κ2) is 4.63. The molecule has 0 spiro atoms. The summed E-state index contributed by atoms with van der Waals surface area (Å²) in [5, 5.41) is 12.7. The van der Waals surface area contributed by atoms with E-state index >= 15 is 0 Å². The van der Waals surface area contributed by atoms with Crippen LogP contribution in [0.2, 0.25) is 0 Å². The lowest BCUT2D eigenvalue weighted by atomic mass is 9.84. The number of thioether (sulfide) groups is 1. The van der Waals surface area contributed by atoms with Gasteiger partial charge in [-0.15, -0.1) is 0 Å². The van der Waals surface area contributed by atoms with Gasteiger partial charge in [0.25, 0.3) is 0 Å². The Bertz CT molecular complexity index is 382.